The smallest absolute Gasteiger partial charge is 0.0573 e. The van der Waals surface area contributed by atoms with Crippen molar-refractivity contribution in [3.63, 3.8) is 0 Å². The van der Waals surface area contributed by atoms with Gasteiger partial charge in [0.25, 0.3) is 0 Å². The van der Waals surface area contributed by atoms with Crippen LogP contribution in [0.1, 0.15) is 37.9 Å². The summed E-state index contributed by atoms with van der Waals surface area (Å²) in [7, 11) is 0. The van der Waals surface area contributed by atoms with Gasteiger partial charge in [-0.25, -0.2) is 0 Å². The molecular weight excluding hydrogens is 222 g/mol. The quantitative estimate of drug-likeness (QED) is 0.865. The van der Waals surface area contributed by atoms with Crippen LogP contribution in [0.3, 0.4) is 0 Å². The Morgan fingerprint density at radius 1 is 1.50 bits per heavy atom. The van der Waals surface area contributed by atoms with Gasteiger partial charge in [0.2, 0.25) is 0 Å². The number of pyridine rings is 1. The molecule has 0 aliphatic carbocycles. The molecule has 1 aliphatic heterocycles. The maximum Gasteiger partial charge on any atom is 0.0573 e. The van der Waals surface area contributed by atoms with Crippen molar-refractivity contribution >= 4 is 0 Å². The monoisotopic (exact) mass is 247 g/mol. The van der Waals surface area contributed by atoms with E-state index in [4.69, 9.17) is 0 Å². The van der Waals surface area contributed by atoms with Crippen LogP contribution in [0.4, 0.5) is 0 Å². The van der Waals surface area contributed by atoms with E-state index in [1.54, 1.807) is 0 Å². The third kappa shape index (κ3) is 3.53. The van der Waals surface area contributed by atoms with Crippen molar-refractivity contribution in [1.82, 2.24) is 15.2 Å². The molecule has 0 spiro atoms. The Morgan fingerprint density at radius 2 is 2.33 bits per heavy atom. The summed E-state index contributed by atoms with van der Waals surface area (Å²) in [5.41, 5.74) is 2.54. The molecule has 18 heavy (non-hydrogen) atoms. The molecule has 100 valence electrons. The van der Waals surface area contributed by atoms with Crippen molar-refractivity contribution in [1.29, 1.82) is 0 Å². The Labute approximate surface area is 111 Å². The molecule has 1 aromatic rings. The zero-order chi connectivity index (χ0) is 13.0. The maximum atomic E-state index is 4.51. The maximum absolute atomic E-state index is 4.51. The minimum Gasteiger partial charge on any atom is -0.313 e. The van der Waals surface area contributed by atoms with Crippen molar-refractivity contribution in [2.45, 2.75) is 52.2 Å². The van der Waals surface area contributed by atoms with Crippen LogP contribution in [0.15, 0.2) is 18.3 Å². The SMILES string of the molecule is Cc1cccnc1CN1CCCC1CNC(C)C. The van der Waals surface area contributed by atoms with Crippen molar-refractivity contribution in [2.24, 2.45) is 0 Å². The minimum absolute atomic E-state index is 0.573. The van der Waals surface area contributed by atoms with Crippen LogP contribution in [-0.4, -0.2) is 35.1 Å². The zero-order valence-electron chi connectivity index (χ0n) is 11.8. The van der Waals surface area contributed by atoms with E-state index in [9.17, 15) is 0 Å². The highest BCUT2D eigenvalue weighted by molar-refractivity contribution is 5.17. The molecule has 0 radical (unpaired) electrons. The summed E-state index contributed by atoms with van der Waals surface area (Å²) >= 11 is 0. The number of nitrogens with zero attached hydrogens (tertiary/aromatic N) is 2. The molecule has 3 nitrogen and oxygen atoms in total. The third-order valence-electron chi connectivity index (χ3n) is 3.73. The van der Waals surface area contributed by atoms with Gasteiger partial charge in [0.1, 0.15) is 0 Å². The van der Waals surface area contributed by atoms with Gasteiger partial charge in [0.15, 0.2) is 0 Å². The highest BCUT2D eigenvalue weighted by Crippen LogP contribution is 2.20. The lowest BCUT2D eigenvalue weighted by molar-refractivity contribution is 0.233. The Morgan fingerprint density at radius 3 is 3.06 bits per heavy atom. The summed E-state index contributed by atoms with van der Waals surface area (Å²) < 4.78 is 0. The second-order valence-corrected chi connectivity index (χ2v) is 5.60. The number of hydrogen-bond donors (Lipinski definition) is 1. The normalized spacial score (nSPS) is 20.8. The predicted octanol–water partition coefficient (Wildman–Crippen LogP) is 2.35. The topological polar surface area (TPSA) is 28.2 Å². The second-order valence-electron chi connectivity index (χ2n) is 5.60. The zero-order valence-corrected chi connectivity index (χ0v) is 11.8. The van der Waals surface area contributed by atoms with Crippen LogP contribution in [0.2, 0.25) is 0 Å². The molecular formula is C15H25N3. The first-order valence-electron chi connectivity index (χ1n) is 7.04. The molecule has 1 atom stereocenters. The van der Waals surface area contributed by atoms with E-state index in [-0.39, 0.29) is 0 Å². The molecule has 2 rings (SSSR count). The van der Waals surface area contributed by atoms with Gasteiger partial charge in [-0.3, -0.25) is 9.88 Å². The van der Waals surface area contributed by atoms with Crippen LogP contribution in [0.5, 0.6) is 0 Å². The Balaban J connectivity index is 1.93. The summed E-state index contributed by atoms with van der Waals surface area (Å²) in [6.07, 6.45) is 4.53. The van der Waals surface area contributed by atoms with Gasteiger partial charge >= 0.3 is 0 Å². The van der Waals surface area contributed by atoms with Gasteiger partial charge in [-0.05, 0) is 37.9 Å². The minimum atomic E-state index is 0.573. The number of nitrogens with one attached hydrogen (secondary N) is 1. The molecule has 1 unspecified atom stereocenters. The Bertz CT molecular complexity index is 376. The summed E-state index contributed by atoms with van der Waals surface area (Å²) in [5.74, 6) is 0. The average molecular weight is 247 g/mol. The first kappa shape index (κ1) is 13.5. The van der Waals surface area contributed by atoms with Crippen molar-refractivity contribution in [2.75, 3.05) is 13.1 Å². The third-order valence-corrected chi connectivity index (χ3v) is 3.73. The van der Waals surface area contributed by atoms with Crippen LogP contribution in [0.25, 0.3) is 0 Å². The lowest BCUT2D eigenvalue weighted by Gasteiger charge is -2.25. The van der Waals surface area contributed by atoms with Gasteiger partial charge < -0.3 is 5.32 Å². The molecule has 1 aliphatic rings. The van der Waals surface area contributed by atoms with Crippen LogP contribution in [0, 0.1) is 6.92 Å². The van der Waals surface area contributed by atoms with Crippen LogP contribution in [-0.2, 0) is 6.54 Å². The van der Waals surface area contributed by atoms with Crippen LogP contribution < -0.4 is 5.32 Å². The van der Waals surface area contributed by atoms with E-state index in [0.29, 0.717) is 12.1 Å². The molecule has 1 fully saturated rings. The van der Waals surface area contributed by atoms with E-state index in [2.05, 4.69) is 42.0 Å². The molecule has 0 saturated carbocycles. The molecule has 0 aromatic carbocycles. The number of aryl methyl sites for hydroxylation is 1. The first-order chi connectivity index (χ1) is 8.66. The van der Waals surface area contributed by atoms with Crippen LogP contribution >= 0.6 is 0 Å². The molecule has 2 heterocycles. The van der Waals surface area contributed by atoms with Gasteiger partial charge in [0, 0.05) is 31.4 Å². The molecule has 0 amide bonds. The summed E-state index contributed by atoms with van der Waals surface area (Å²) in [4.78, 5) is 7.08. The molecule has 3 heteroatoms. The summed E-state index contributed by atoms with van der Waals surface area (Å²) in [6, 6.07) is 5.42. The van der Waals surface area contributed by atoms with Gasteiger partial charge in [-0.1, -0.05) is 19.9 Å². The molecule has 0 bridgehead atoms. The van der Waals surface area contributed by atoms with E-state index in [1.807, 2.05) is 12.3 Å². The number of aromatic nitrogens is 1. The molecule has 1 N–H and O–H groups in total. The van der Waals surface area contributed by atoms with E-state index >= 15 is 0 Å². The lowest BCUT2D eigenvalue weighted by atomic mass is 10.2. The fourth-order valence-electron chi connectivity index (χ4n) is 2.58. The molecule has 1 saturated heterocycles. The van der Waals surface area contributed by atoms with E-state index < -0.39 is 0 Å². The second kappa shape index (κ2) is 6.30. The van der Waals surface area contributed by atoms with E-state index in [1.165, 1.54) is 30.6 Å². The largest absolute Gasteiger partial charge is 0.313 e. The van der Waals surface area contributed by atoms with E-state index in [0.717, 1.165) is 13.1 Å². The predicted molar refractivity (Wildman–Crippen MR) is 75.5 cm³/mol. The highest BCUT2D eigenvalue weighted by Gasteiger charge is 2.24. The fraction of sp³-hybridized carbons (Fsp3) is 0.667. The first-order valence-corrected chi connectivity index (χ1v) is 7.04. The van der Waals surface area contributed by atoms with Crippen molar-refractivity contribution in [3.05, 3.63) is 29.6 Å². The summed E-state index contributed by atoms with van der Waals surface area (Å²) in [5, 5.41) is 3.56. The summed E-state index contributed by atoms with van der Waals surface area (Å²) in [6.45, 7) is 9.88. The Kier molecular flexibility index (Phi) is 4.72. The van der Waals surface area contributed by atoms with Gasteiger partial charge in [-0.15, -0.1) is 0 Å². The molecule has 1 aromatic heterocycles. The number of rotatable bonds is 5. The van der Waals surface area contributed by atoms with Crippen molar-refractivity contribution in [3.8, 4) is 0 Å². The Hall–Kier alpha value is -0.930. The van der Waals surface area contributed by atoms with Gasteiger partial charge in [-0.2, -0.15) is 0 Å². The van der Waals surface area contributed by atoms with Crippen molar-refractivity contribution < 1.29 is 0 Å². The average Bonchev–Trinajstić information content (AvgIpc) is 2.77. The standard InChI is InChI=1S/C15H25N3/c1-12(2)17-10-14-7-5-9-18(14)11-15-13(3)6-4-8-16-15/h4,6,8,12,14,17H,5,7,9-11H2,1-3H3. The number of hydrogen-bond acceptors (Lipinski definition) is 3. The highest BCUT2D eigenvalue weighted by atomic mass is 15.2. The van der Waals surface area contributed by atoms with Gasteiger partial charge in [0.05, 0.1) is 5.69 Å². The number of likely N-dealkylation sites (tertiary alicyclic amines) is 1. The lowest BCUT2D eigenvalue weighted by Crippen LogP contribution is -2.40. The fourth-order valence-corrected chi connectivity index (χ4v) is 2.58.